The molecule has 2 heterocycles. The number of carbonyl (C=O) groups is 4. The van der Waals surface area contributed by atoms with Crippen LogP contribution in [-0.4, -0.2) is 33.8 Å². The monoisotopic (exact) mass is 387 g/mol. The lowest BCUT2D eigenvalue weighted by molar-refractivity contribution is 0.0689. The third kappa shape index (κ3) is 3.23. The molecule has 3 amide bonds. The van der Waals surface area contributed by atoms with Crippen molar-refractivity contribution >= 4 is 35.1 Å². The number of carboxylic acids is 1. The molecular formula is C21H13N3O5. The zero-order valence-electron chi connectivity index (χ0n) is 14.8. The molecule has 0 saturated heterocycles. The van der Waals surface area contributed by atoms with Crippen LogP contribution in [0.5, 0.6) is 0 Å². The molecule has 0 aliphatic carbocycles. The van der Waals surface area contributed by atoms with Gasteiger partial charge in [0.2, 0.25) is 0 Å². The molecule has 1 aromatic heterocycles. The molecule has 0 saturated carbocycles. The van der Waals surface area contributed by atoms with Crippen molar-refractivity contribution in [3.63, 3.8) is 0 Å². The van der Waals surface area contributed by atoms with Crippen LogP contribution in [0.15, 0.2) is 66.9 Å². The van der Waals surface area contributed by atoms with Gasteiger partial charge in [-0.25, -0.2) is 14.7 Å². The van der Waals surface area contributed by atoms with Crippen LogP contribution in [0.4, 0.5) is 11.4 Å². The summed E-state index contributed by atoms with van der Waals surface area (Å²) < 4.78 is 0. The Morgan fingerprint density at radius 2 is 1.59 bits per heavy atom. The van der Waals surface area contributed by atoms with E-state index in [1.807, 2.05) is 0 Å². The van der Waals surface area contributed by atoms with Crippen molar-refractivity contribution in [2.24, 2.45) is 0 Å². The van der Waals surface area contributed by atoms with Crippen molar-refractivity contribution in [1.29, 1.82) is 0 Å². The van der Waals surface area contributed by atoms with Crippen LogP contribution in [0.1, 0.15) is 41.6 Å². The Hall–Kier alpha value is -4.33. The van der Waals surface area contributed by atoms with Gasteiger partial charge in [-0.3, -0.25) is 14.4 Å². The van der Waals surface area contributed by atoms with Gasteiger partial charge in [-0.1, -0.05) is 18.2 Å². The summed E-state index contributed by atoms with van der Waals surface area (Å²) in [6, 6.07) is 15.5. The number of pyridine rings is 1. The smallest absolute Gasteiger partial charge is 0.354 e. The van der Waals surface area contributed by atoms with Crippen LogP contribution in [0, 0.1) is 0 Å². The van der Waals surface area contributed by atoms with Crippen LogP contribution >= 0.6 is 0 Å². The molecular weight excluding hydrogens is 374 g/mol. The lowest BCUT2D eigenvalue weighted by Crippen LogP contribution is -2.29. The van der Waals surface area contributed by atoms with E-state index in [9.17, 15) is 19.2 Å². The predicted octanol–water partition coefficient (Wildman–Crippen LogP) is 2.83. The number of aromatic nitrogens is 1. The number of nitrogens with one attached hydrogen (secondary N) is 1. The van der Waals surface area contributed by atoms with E-state index in [2.05, 4.69) is 10.3 Å². The maximum atomic E-state index is 12.6. The molecule has 0 radical (unpaired) electrons. The fraction of sp³-hybridized carbons (Fsp3) is 0. The van der Waals surface area contributed by atoms with Gasteiger partial charge in [0, 0.05) is 11.9 Å². The normalized spacial score (nSPS) is 12.6. The molecule has 29 heavy (non-hydrogen) atoms. The van der Waals surface area contributed by atoms with Gasteiger partial charge in [-0.2, -0.15) is 0 Å². The highest BCUT2D eigenvalue weighted by molar-refractivity contribution is 6.34. The lowest BCUT2D eigenvalue weighted by atomic mass is 10.1. The molecule has 0 bridgehead atoms. The van der Waals surface area contributed by atoms with Crippen molar-refractivity contribution in [2.45, 2.75) is 0 Å². The second kappa shape index (κ2) is 7.01. The Bertz CT molecular complexity index is 1140. The lowest BCUT2D eigenvalue weighted by Gasteiger charge is -2.15. The van der Waals surface area contributed by atoms with Crippen LogP contribution < -0.4 is 10.2 Å². The first-order chi connectivity index (χ1) is 14.0. The minimum absolute atomic E-state index is 0.168. The van der Waals surface area contributed by atoms with E-state index in [0.717, 1.165) is 11.1 Å². The molecule has 0 unspecified atom stereocenters. The summed E-state index contributed by atoms with van der Waals surface area (Å²) >= 11 is 0. The minimum Gasteiger partial charge on any atom is -0.477 e. The standard InChI is InChI=1S/C21H13N3O5/c25-18(12-8-9-17(21(28)29)22-11-12)23-13-4-3-5-14(10-13)24-19(26)15-6-1-2-7-16(15)20(24)27/h1-11H,(H,23,25)(H,28,29). The summed E-state index contributed by atoms with van der Waals surface area (Å²) in [6.45, 7) is 0. The average Bonchev–Trinajstić information content (AvgIpc) is 2.99. The third-order valence-electron chi connectivity index (χ3n) is 4.40. The summed E-state index contributed by atoms with van der Waals surface area (Å²) in [5, 5.41) is 11.5. The summed E-state index contributed by atoms with van der Waals surface area (Å²) in [6.07, 6.45) is 1.16. The highest BCUT2D eigenvalue weighted by Gasteiger charge is 2.36. The molecule has 2 N–H and O–H groups in total. The first-order valence-electron chi connectivity index (χ1n) is 8.54. The fourth-order valence-electron chi connectivity index (χ4n) is 3.00. The van der Waals surface area contributed by atoms with Gasteiger partial charge in [-0.15, -0.1) is 0 Å². The zero-order chi connectivity index (χ0) is 20.5. The molecule has 3 aromatic rings. The first-order valence-corrected chi connectivity index (χ1v) is 8.54. The van der Waals surface area contributed by atoms with Crippen LogP contribution in [0.25, 0.3) is 0 Å². The SMILES string of the molecule is O=C(Nc1cccc(N2C(=O)c3ccccc3C2=O)c1)c1ccc(C(=O)O)nc1. The Balaban J connectivity index is 1.57. The highest BCUT2D eigenvalue weighted by atomic mass is 16.4. The second-order valence-electron chi connectivity index (χ2n) is 6.23. The second-order valence-corrected chi connectivity index (χ2v) is 6.23. The molecule has 0 spiro atoms. The number of nitrogens with zero attached hydrogens (tertiary/aromatic N) is 2. The van der Waals surface area contributed by atoms with Gasteiger partial charge in [0.1, 0.15) is 5.69 Å². The largest absolute Gasteiger partial charge is 0.477 e. The van der Waals surface area contributed by atoms with Crippen LogP contribution in [-0.2, 0) is 0 Å². The number of amides is 3. The van der Waals surface area contributed by atoms with Gasteiger partial charge >= 0.3 is 5.97 Å². The van der Waals surface area contributed by atoms with Crippen molar-refractivity contribution in [3.8, 4) is 0 Å². The van der Waals surface area contributed by atoms with Gasteiger partial charge in [0.25, 0.3) is 17.7 Å². The van der Waals surface area contributed by atoms with E-state index < -0.39 is 23.7 Å². The third-order valence-corrected chi connectivity index (χ3v) is 4.40. The van der Waals surface area contributed by atoms with Crippen molar-refractivity contribution in [1.82, 2.24) is 4.98 Å². The zero-order valence-corrected chi connectivity index (χ0v) is 14.8. The number of carboxylic acid groups (broad SMARTS) is 1. The summed E-state index contributed by atoms with van der Waals surface area (Å²) in [4.78, 5) is 53.2. The van der Waals surface area contributed by atoms with E-state index in [1.165, 1.54) is 18.2 Å². The number of anilines is 2. The highest BCUT2D eigenvalue weighted by Crippen LogP contribution is 2.29. The maximum absolute atomic E-state index is 12.6. The number of carbonyl (C=O) groups excluding carboxylic acids is 3. The van der Waals surface area contributed by atoms with Gasteiger partial charge < -0.3 is 10.4 Å². The van der Waals surface area contributed by atoms with E-state index in [4.69, 9.17) is 5.11 Å². The number of aromatic carboxylic acids is 1. The number of fused-ring (bicyclic) bond motifs is 1. The maximum Gasteiger partial charge on any atom is 0.354 e. The van der Waals surface area contributed by atoms with Crippen molar-refractivity contribution in [2.75, 3.05) is 10.2 Å². The van der Waals surface area contributed by atoms with E-state index in [-0.39, 0.29) is 11.3 Å². The summed E-state index contributed by atoms with van der Waals surface area (Å²) in [5.41, 5.74) is 1.35. The molecule has 0 atom stereocenters. The molecule has 0 fully saturated rings. The topological polar surface area (TPSA) is 117 Å². The molecule has 4 rings (SSSR count). The van der Waals surface area contributed by atoms with Gasteiger partial charge in [0.05, 0.1) is 22.4 Å². The average molecular weight is 387 g/mol. The van der Waals surface area contributed by atoms with E-state index in [1.54, 1.807) is 42.5 Å². The number of imide groups is 1. The Kier molecular flexibility index (Phi) is 4.36. The summed E-state index contributed by atoms with van der Waals surface area (Å²) in [7, 11) is 0. The van der Waals surface area contributed by atoms with Crippen molar-refractivity contribution < 1.29 is 24.3 Å². The van der Waals surface area contributed by atoms with Crippen molar-refractivity contribution in [3.05, 3.63) is 89.2 Å². The predicted molar refractivity (Wildman–Crippen MR) is 103 cm³/mol. The fourth-order valence-corrected chi connectivity index (χ4v) is 3.00. The molecule has 1 aliphatic heterocycles. The Morgan fingerprint density at radius 3 is 2.17 bits per heavy atom. The number of benzene rings is 2. The molecule has 8 nitrogen and oxygen atoms in total. The van der Waals surface area contributed by atoms with Gasteiger partial charge in [-0.05, 0) is 42.5 Å². The quantitative estimate of drug-likeness (QED) is 0.665. The van der Waals surface area contributed by atoms with Gasteiger partial charge in [0.15, 0.2) is 0 Å². The number of hydrogen-bond donors (Lipinski definition) is 2. The van der Waals surface area contributed by atoms with Crippen LogP contribution in [0.3, 0.4) is 0 Å². The van der Waals surface area contributed by atoms with E-state index in [0.29, 0.717) is 22.5 Å². The number of rotatable bonds is 4. The molecule has 2 aromatic carbocycles. The number of hydrogen-bond acceptors (Lipinski definition) is 5. The molecule has 1 aliphatic rings. The molecule has 142 valence electrons. The molecule has 8 heteroatoms. The van der Waals surface area contributed by atoms with Crippen LogP contribution in [0.2, 0.25) is 0 Å². The summed E-state index contributed by atoms with van der Waals surface area (Å²) in [5.74, 6) is -2.55. The first kappa shape index (κ1) is 18.1. The Morgan fingerprint density at radius 1 is 0.897 bits per heavy atom. The van der Waals surface area contributed by atoms with E-state index >= 15 is 0 Å². The minimum atomic E-state index is -1.19. The Labute approximate surface area is 164 Å².